The monoisotopic (exact) mass is 189 g/mol. The Morgan fingerprint density at radius 2 is 2.14 bits per heavy atom. The normalized spacial score (nSPS) is 12.9. The Bertz CT molecular complexity index is 473. The number of fused-ring (bicyclic) bond motifs is 1. The van der Waals surface area contributed by atoms with Crippen LogP contribution in [0.25, 0.3) is 10.9 Å². The molecule has 0 fully saturated rings. The minimum Gasteiger partial charge on any atom is -0.481 e. The van der Waals surface area contributed by atoms with E-state index in [0.29, 0.717) is 0 Å². The van der Waals surface area contributed by atoms with Gasteiger partial charge in [-0.2, -0.15) is 0 Å². The van der Waals surface area contributed by atoms with Crippen LogP contribution in [-0.2, 0) is 4.79 Å². The van der Waals surface area contributed by atoms with Crippen LogP contribution in [0.15, 0.2) is 30.5 Å². The van der Waals surface area contributed by atoms with E-state index in [0.717, 1.165) is 16.5 Å². The van der Waals surface area contributed by atoms with Gasteiger partial charge in [-0.15, -0.1) is 0 Å². The Kier molecular flexibility index (Phi) is 2.00. The molecule has 0 saturated carbocycles. The molecular weight excluding hydrogens is 178 g/mol. The minimum atomic E-state index is -0.797. The van der Waals surface area contributed by atoms with Crippen LogP contribution < -0.4 is 0 Å². The van der Waals surface area contributed by atoms with Gasteiger partial charge in [0.25, 0.3) is 0 Å². The summed E-state index contributed by atoms with van der Waals surface area (Å²) in [4.78, 5) is 13.9. The fourth-order valence-electron chi connectivity index (χ4n) is 1.59. The van der Waals surface area contributed by atoms with E-state index in [4.69, 9.17) is 5.11 Å². The molecule has 0 unspecified atom stereocenters. The zero-order valence-corrected chi connectivity index (χ0v) is 7.82. The first kappa shape index (κ1) is 8.81. The number of H-pyrrole nitrogens is 1. The number of carboxylic acid groups (broad SMARTS) is 1. The highest BCUT2D eigenvalue weighted by Crippen LogP contribution is 2.25. The second-order valence-electron chi connectivity index (χ2n) is 3.35. The van der Waals surface area contributed by atoms with Gasteiger partial charge in [0, 0.05) is 17.1 Å². The molecule has 14 heavy (non-hydrogen) atoms. The molecule has 0 amide bonds. The smallest absolute Gasteiger partial charge is 0.310 e. The summed E-state index contributed by atoms with van der Waals surface area (Å²) in [5, 5.41) is 9.89. The molecule has 1 heterocycles. The van der Waals surface area contributed by atoms with Crippen molar-refractivity contribution in [1.82, 2.24) is 4.98 Å². The first-order valence-corrected chi connectivity index (χ1v) is 4.49. The summed E-state index contributed by atoms with van der Waals surface area (Å²) in [6, 6.07) is 7.70. The van der Waals surface area contributed by atoms with Gasteiger partial charge in [0.1, 0.15) is 0 Å². The third-order valence-electron chi connectivity index (χ3n) is 2.46. The number of hydrogen-bond donors (Lipinski definition) is 2. The molecule has 1 aromatic carbocycles. The molecule has 3 heteroatoms. The number of aromatic nitrogens is 1. The molecule has 0 radical (unpaired) electrons. The van der Waals surface area contributed by atoms with Crippen molar-refractivity contribution in [2.24, 2.45) is 0 Å². The van der Waals surface area contributed by atoms with Crippen molar-refractivity contribution in [3.8, 4) is 0 Å². The number of carboxylic acids is 1. The molecule has 3 nitrogen and oxygen atoms in total. The van der Waals surface area contributed by atoms with Crippen LogP contribution in [-0.4, -0.2) is 16.1 Å². The molecule has 2 rings (SSSR count). The van der Waals surface area contributed by atoms with Crippen molar-refractivity contribution < 1.29 is 9.90 Å². The lowest BCUT2D eigenvalue weighted by Gasteiger charge is -2.03. The standard InChI is InChI=1S/C11H11NO2/c1-7(11(13)14)9-6-12-10-5-3-2-4-8(9)10/h2-7,12H,1H3,(H,13,14)/t7-/m1/s1. The summed E-state index contributed by atoms with van der Waals surface area (Å²) < 4.78 is 0. The van der Waals surface area contributed by atoms with Crippen molar-refractivity contribution in [3.05, 3.63) is 36.0 Å². The molecule has 0 bridgehead atoms. The van der Waals surface area contributed by atoms with Gasteiger partial charge in [0.15, 0.2) is 0 Å². The molecule has 0 saturated heterocycles. The maximum absolute atomic E-state index is 10.8. The Morgan fingerprint density at radius 3 is 2.86 bits per heavy atom. The zero-order valence-electron chi connectivity index (χ0n) is 7.82. The fraction of sp³-hybridized carbons (Fsp3) is 0.182. The minimum absolute atomic E-state index is 0.467. The lowest BCUT2D eigenvalue weighted by Crippen LogP contribution is -2.06. The molecule has 0 aliphatic carbocycles. The lowest BCUT2D eigenvalue weighted by molar-refractivity contribution is -0.138. The maximum atomic E-state index is 10.8. The van der Waals surface area contributed by atoms with E-state index in [1.54, 1.807) is 13.1 Å². The van der Waals surface area contributed by atoms with Gasteiger partial charge >= 0.3 is 5.97 Å². The van der Waals surface area contributed by atoms with Crippen LogP contribution in [0, 0.1) is 0 Å². The number of aromatic amines is 1. The van der Waals surface area contributed by atoms with Gasteiger partial charge in [0.2, 0.25) is 0 Å². The van der Waals surface area contributed by atoms with E-state index in [1.807, 2.05) is 24.3 Å². The van der Waals surface area contributed by atoms with Gasteiger partial charge in [-0.1, -0.05) is 18.2 Å². The van der Waals surface area contributed by atoms with Crippen LogP contribution in [0.5, 0.6) is 0 Å². The topological polar surface area (TPSA) is 53.1 Å². The van der Waals surface area contributed by atoms with Crippen LogP contribution in [0.3, 0.4) is 0 Å². The third-order valence-corrected chi connectivity index (χ3v) is 2.46. The number of nitrogens with one attached hydrogen (secondary N) is 1. The number of aliphatic carboxylic acids is 1. The van der Waals surface area contributed by atoms with Crippen molar-refractivity contribution in [2.45, 2.75) is 12.8 Å². The van der Waals surface area contributed by atoms with Crippen LogP contribution in [0.4, 0.5) is 0 Å². The molecular formula is C11H11NO2. The highest BCUT2D eigenvalue weighted by Gasteiger charge is 2.16. The van der Waals surface area contributed by atoms with Crippen LogP contribution >= 0.6 is 0 Å². The second kappa shape index (κ2) is 3.18. The van der Waals surface area contributed by atoms with Gasteiger partial charge < -0.3 is 10.1 Å². The van der Waals surface area contributed by atoms with Crippen molar-refractivity contribution in [2.75, 3.05) is 0 Å². The molecule has 0 aliphatic heterocycles. The Labute approximate surface area is 81.4 Å². The number of carbonyl (C=O) groups is 1. The largest absolute Gasteiger partial charge is 0.481 e. The maximum Gasteiger partial charge on any atom is 0.310 e. The summed E-state index contributed by atoms with van der Waals surface area (Å²) in [6.45, 7) is 1.69. The van der Waals surface area contributed by atoms with E-state index in [-0.39, 0.29) is 0 Å². The third kappa shape index (κ3) is 1.27. The fourth-order valence-corrected chi connectivity index (χ4v) is 1.59. The first-order chi connectivity index (χ1) is 6.70. The number of hydrogen-bond acceptors (Lipinski definition) is 1. The molecule has 1 aromatic heterocycles. The van der Waals surface area contributed by atoms with E-state index in [1.165, 1.54) is 0 Å². The molecule has 2 aromatic rings. The van der Waals surface area contributed by atoms with E-state index in [2.05, 4.69) is 4.98 Å². The van der Waals surface area contributed by atoms with Gasteiger partial charge in [-0.3, -0.25) is 4.79 Å². The van der Waals surface area contributed by atoms with Crippen molar-refractivity contribution >= 4 is 16.9 Å². The summed E-state index contributed by atoms with van der Waals surface area (Å²) in [5.41, 5.74) is 1.82. The summed E-state index contributed by atoms with van der Waals surface area (Å²) in [7, 11) is 0. The van der Waals surface area contributed by atoms with Gasteiger partial charge in [-0.05, 0) is 18.6 Å². The predicted octanol–water partition coefficient (Wildman–Crippen LogP) is 2.36. The average Bonchev–Trinajstić information content (AvgIpc) is 2.60. The van der Waals surface area contributed by atoms with E-state index >= 15 is 0 Å². The van der Waals surface area contributed by atoms with Gasteiger partial charge in [0.05, 0.1) is 5.92 Å². The first-order valence-electron chi connectivity index (χ1n) is 4.49. The Hall–Kier alpha value is -1.77. The Morgan fingerprint density at radius 1 is 1.43 bits per heavy atom. The molecule has 0 spiro atoms. The molecule has 0 aliphatic rings. The number of para-hydroxylation sites is 1. The van der Waals surface area contributed by atoms with Crippen LogP contribution in [0.2, 0.25) is 0 Å². The van der Waals surface area contributed by atoms with E-state index < -0.39 is 11.9 Å². The summed E-state index contributed by atoms with van der Waals surface area (Å²) in [5.74, 6) is -1.26. The Balaban J connectivity index is 2.58. The van der Waals surface area contributed by atoms with Crippen molar-refractivity contribution in [3.63, 3.8) is 0 Å². The quantitative estimate of drug-likeness (QED) is 0.761. The highest BCUT2D eigenvalue weighted by molar-refractivity contribution is 5.89. The molecule has 72 valence electrons. The predicted molar refractivity (Wildman–Crippen MR) is 54.3 cm³/mol. The zero-order chi connectivity index (χ0) is 10.1. The average molecular weight is 189 g/mol. The highest BCUT2D eigenvalue weighted by atomic mass is 16.4. The van der Waals surface area contributed by atoms with E-state index in [9.17, 15) is 4.79 Å². The van der Waals surface area contributed by atoms with Gasteiger partial charge in [-0.25, -0.2) is 0 Å². The second-order valence-corrected chi connectivity index (χ2v) is 3.35. The number of benzene rings is 1. The lowest BCUT2D eigenvalue weighted by atomic mass is 10.0. The molecule has 2 N–H and O–H groups in total. The van der Waals surface area contributed by atoms with Crippen LogP contribution in [0.1, 0.15) is 18.4 Å². The summed E-state index contributed by atoms with van der Waals surface area (Å²) >= 11 is 0. The SMILES string of the molecule is C[C@@H](C(=O)O)c1c[nH]c2ccccc12. The summed E-state index contributed by atoms with van der Waals surface area (Å²) in [6.07, 6.45) is 1.77. The van der Waals surface area contributed by atoms with Crippen molar-refractivity contribution in [1.29, 1.82) is 0 Å². The number of rotatable bonds is 2. The molecule has 1 atom stereocenters.